The number of rotatable bonds is 4. The maximum atomic E-state index is 14.8. The molecule has 28 heavy (non-hydrogen) atoms. The third kappa shape index (κ3) is 2.93. The molecule has 0 amide bonds. The zero-order valence-corrected chi connectivity index (χ0v) is 14.8. The average molecular weight is 406 g/mol. The molecule has 1 atom stereocenters. The van der Waals surface area contributed by atoms with Crippen LogP contribution in [0.3, 0.4) is 0 Å². The number of aromatic carboxylic acids is 1. The molecule has 1 saturated heterocycles. The van der Waals surface area contributed by atoms with Gasteiger partial charge in [-0.3, -0.25) is 0 Å². The largest absolute Gasteiger partial charge is 0.478 e. The summed E-state index contributed by atoms with van der Waals surface area (Å²) in [5.74, 6) is -4.95. The van der Waals surface area contributed by atoms with E-state index in [4.69, 9.17) is 16.3 Å². The van der Waals surface area contributed by atoms with E-state index in [9.17, 15) is 23.1 Å². The van der Waals surface area contributed by atoms with Crippen molar-refractivity contribution in [3.8, 4) is 11.3 Å². The van der Waals surface area contributed by atoms with Crippen LogP contribution in [-0.2, 0) is 10.3 Å². The lowest BCUT2D eigenvalue weighted by Crippen LogP contribution is -2.17. The van der Waals surface area contributed by atoms with Crippen molar-refractivity contribution in [3.63, 3.8) is 0 Å². The number of carboxylic acids is 1. The van der Waals surface area contributed by atoms with Crippen LogP contribution in [-0.4, -0.2) is 22.7 Å². The number of benzene rings is 2. The summed E-state index contributed by atoms with van der Waals surface area (Å²) < 4.78 is 48.2. The molecule has 2 aromatic carbocycles. The molecular formula is C20H11ClF3NO3. The Kier molecular flexibility index (Phi) is 4.36. The van der Waals surface area contributed by atoms with Gasteiger partial charge in [0.25, 0.3) is 0 Å². The summed E-state index contributed by atoms with van der Waals surface area (Å²) in [6.45, 7) is 0.195. The molecule has 1 aliphatic heterocycles. The Morgan fingerprint density at radius 3 is 2.39 bits per heavy atom. The molecule has 0 bridgehead atoms. The summed E-state index contributed by atoms with van der Waals surface area (Å²) in [6, 6.07) is 11.3. The van der Waals surface area contributed by atoms with Crippen molar-refractivity contribution in [2.24, 2.45) is 0 Å². The molecule has 1 N–H and O–H groups in total. The fourth-order valence-corrected chi connectivity index (χ4v) is 3.18. The van der Waals surface area contributed by atoms with Gasteiger partial charge in [0.2, 0.25) is 0 Å². The van der Waals surface area contributed by atoms with E-state index in [0.717, 1.165) is 12.1 Å². The summed E-state index contributed by atoms with van der Waals surface area (Å²) in [6.07, 6.45) is 0. The fourth-order valence-electron chi connectivity index (χ4n) is 3.02. The lowest BCUT2D eigenvalue weighted by Gasteiger charge is -2.16. The first kappa shape index (κ1) is 18.5. The van der Waals surface area contributed by atoms with Gasteiger partial charge in [-0.15, -0.1) is 0 Å². The van der Waals surface area contributed by atoms with Crippen molar-refractivity contribution >= 4 is 17.6 Å². The van der Waals surface area contributed by atoms with Crippen LogP contribution in [0.2, 0.25) is 5.02 Å². The number of pyridine rings is 1. The van der Waals surface area contributed by atoms with E-state index < -0.39 is 50.9 Å². The normalized spacial score (nSPS) is 18.1. The second kappa shape index (κ2) is 6.61. The number of hydrogen-bond acceptors (Lipinski definition) is 3. The second-order valence-corrected chi connectivity index (χ2v) is 6.66. The van der Waals surface area contributed by atoms with Gasteiger partial charge in [0.1, 0.15) is 17.3 Å². The highest BCUT2D eigenvalue weighted by Gasteiger charge is 2.50. The van der Waals surface area contributed by atoms with Gasteiger partial charge in [-0.05, 0) is 17.7 Å². The van der Waals surface area contributed by atoms with Crippen LogP contribution in [0.4, 0.5) is 13.2 Å². The third-order valence-corrected chi connectivity index (χ3v) is 4.83. The Morgan fingerprint density at radius 1 is 1.11 bits per heavy atom. The van der Waals surface area contributed by atoms with Gasteiger partial charge < -0.3 is 9.84 Å². The van der Waals surface area contributed by atoms with Crippen molar-refractivity contribution in [3.05, 3.63) is 87.8 Å². The van der Waals surface area contributed by atoms with Crippen LogP contribution in [0.5, 0.6) is 0 Å². The number of carboxylic acid groups (broad SMARTS) is 1. The molecule has 3 aromatic rings. The molecule has 142 valence electrons. The number of ether oxygens (including phenoxy) is 1. The van der Waals surface area contributed by atoms with Crippen molar-refractivity contribution in [1.29, 1.82) is 0 Å². The predicted octanol–water partition coefficient (Wildman–Crippen LogP) is 4.79. The first-order chi connectivity index (χ1) is 13.3. The minimum atomic E-state index is -1.56. The number of hydrogen-bond donors (Lipinski definition) is 1. The lowest BCUT2D eigenvalue weighted by molar-refractivity contribution is 0.0691. The highest BCUT2D eigenvalue weighted by Crippen LogP contribution is 2.45. The minimum Gasteiger partial charge on any atom is -0.478 e. The highest BCUT2D eigenvalue weighted by molar-refractivity contribution is 6.31. The van der Waals surface area contributed by atoms with Gasteiger partial charge in [-0.1, -0.05) is 41.9 Å². The number of halogens is 4. The van der Waals surface area contributed by atoms with Crippen LogP contribution in [0.15, 0.2) is 48.5 Å². The average Bonchev–Trinajstić information content (AvgIpc) is 3.47. The van der Waals surface area contributed by atoms with Crippen LogP contribution < -0.4 is 0 Å². The Balaban J connectivity index is 1.96. The number of epoxide rings is 1. The van der Waals surface area contributed by atoms with E-state index in [0.29, 0.717) is 11.6 Å². The van der Waals surface area contributed by atoms with E-state index in [1.54, 1.807) is 30.3 Å². The molecule has 8 heteroatoms. The van der Waals surface area contributed by atoms with Gasteiger partial charge in [0.15, 0.2) is 11.4 Å². The molecule has 1 fully saturated rings. The molecule has 0 spiro atoms. The molecule has 0 unspecified atom stereocenters. The number of carbonyl (C=O) groups is 1. The smallest absolute Gasteiger partial charge is 0.338 e. The number of aromatic nitrogens is 1. The van der Waals surface area contributed by atoms with Crippen LogP contribution in [0.25, 0.3) is 11.3 Å². The Bertz CT molecular complexity index is 1100. The van der Waals surface area contributed by atoms with Crippen molar-refractivity contribution in [2.45, 2.75) is 5.60 Å². The van der Waals surface area contributed by atoms with Crippen LogP contribution in [0, 0.1) is 17.5 Å². The van der Waals surface area contributed by atoms with Crippen LogP contribution >= 0.6 is 11.6 Å². The fraction of sp³-hybridized carbons (Fsp3) is 0.100. The van der Waals surface area contributed by atoms with Gasteiger partial charge in [-0.2, -0.15) is 0 Å². The van der Waals surface area contributed by atoms with E-state index in [2.05, 4.69) is 4.98 Å². The number of nitrogens with zero attached hydrogens (tertiary/aromatic N) is 1. The standard InChI is InChI=1S/C20H11ClF3NO3/c21-13-6-11(14(22)8-15(13)23)18-17(24)12(19(26)27)7-16(25-18)20(9-28-20)10-4-2-1-3-5-10/h1-8H,9H2,(H,26,27)/t20-/m1/s1. The first-order valence-electron chi connectivity index (χ1n) is 8.12. The Morgan fingerprint density at radius 2 is 1.79 bits per heavy atom. The monoisotopic (exact) mass is 405 g/mol. The van der Waals surface area contributed by atoms with Gasteiger partial charge in [-0.25, -0.2) is 22.9 Å². The molecule has 1 aromatic heterocycles. The molecule has 2 heterocycles. The third-order valence-electron chi connectivity index (χ3n) is 4.54. The predicted molar refractivity (Wildman–Crippen MR) is 94.7 cm³/mol. The summed E-state index contributed by atoms with van der Waals surface area (Å²) in [7, 11) is 0. The topological polar surface area (TPSA) is 62.7 Å². The Hall–Kier alpha value is -2.90. The van der Waals surface area contributed by atoms with Gasteiger partial charge in [0.05, 0.1) is 22.9 Å². The molecule has 4 rings (SSSR count). The molecule has 1 aliphatic rings. The van der Waals surface area contributed by atoms with Gasteiger partial charge >= 0.3 is 5.97 Å². The Labute approximate surface area is 162 Å². The summed E-state index contributed by atoms with van der Waals surface area (Å²) >= 11 is 5.70. The second-order valence-electron chi connectivity index (χ2n) is 6.25. The quantitative estimate of drug-likeness (QED) is 0.500. The maximum Gasteiger partial charge on any atom is 0.338 e. The zero-order valence-electron chi connectivity index (χ0n) is 14.0. The lowest BCUT2D eigenvalue weighted by atomic mass is 9.94. The molecule has 0 saturated carbocycles. The maximum absolute atomic E-state index is 14.8. The first-order valence-corrected chi connectivity index (χ1v) is 8.50. The summed E-state index contributed by atoms with van der Waals surface area (Å²) in [5, 5.41) is 8.95. The molecule has 0 radical (unpaired) electrons. The molecular weight excluding hydrogens is 395 g/mol. The summed E-state index contributed by atoms with van der Waals surface area (Å²) in [4.78, 5) is 15.7. The molecule has 0 aliphatic carbocycles. The molecule has 4 nitrogen and oxygen atoms in total. The van der Waals surface area contributed by atoms with E-state index >= 15 is 0 Å². The van der Waals surface area contributed by atoms with Crippen molar-refractivity contribution < 1.29 is 27.8 Å². The highest BCUT2D eigenvalue weighted by atomic mass is 35.5. The summed E-state index contributed by atoms with van der Waals surface area (Å²) in [5.41, 5.74) is -2.00. The SMILES string of the molecule is O=C(O)c1cc([C@]2(c3ccccc3)CO2)nc(-c2cc(Cl)c(F)cc2F)c1F. The van der Waals surface area contributed by atoms with Crippen LogP contribution in [0.1, 0.15) is 21.6 Å². The van der Waals surface area contributed by atoms with Gasteiger partial charge in [0, 0.05) is 11.6 Å². The minimum absolute atomic E-state index is 0.104. The van der Waals surface area contributed by atoms with E-state index in [-0.39, 0.29) is 12.3 Å². The zero-order chi connectivity index (χ0) is 20.1. The van der Waals surface area contributed by atoms with E-state index in [1.807, 2.05) is 0 Å². The van der Waals surface area contributed by atoms with E-state index in [1.165, 1.54) is 0 Å². The van der Waals surface area contributed by atoms with Crippen molar-refractivity contribution in [1.82, 2.24) is 4.98 Å². The van der Waals surface area contributed by atoms with Crippen molar-refractivity contribution in [2.75, 3.05) is 6.61 Å².